The molecule has 0 amide bonds. The van der Waals surface area contributed by atoms with Gasteiger partial charge in [-0.05, 0) is 32.3 Å². The number of furan rings is 1. The van der Waals surface area contributed by atoms with Crippen LogP contribution in [0.1, 0.15) is 32.6 Å². The van der Waals surface area contributed by atoms with Crippen molar-refractivity contribution in [2.45, 2.75) is 34.1 Å². The minimum absolute atomic E-state index is 0.278. The second kappa shape index (κ2) is 7.62. The third-order valence-electron chi connectivity index (χ3n) is 3.06. The van der Waals surface area contributed by atoms with Crippen molar-refractivity contribution in [3.8, 4) is 11.5 Å². The van der Waals surface area contributed by atoms with E-state index in [1.807, 2.05) is 0 Å². The van der Waals surface area contributed by atoms with Gasteiger partial charge in [-0.1, -0.05) is 13.8 Å². The second-order valence-electron chi connectivity index (χ2n) is 5.39. The Morgan fingerprint density at radius 3 is 2.57 bits per heavy atom. The Hall–Kier alpha value is -1.14. The number of nitrogens with zero attached hydrogens (tertiary/aromatic N) is 1. The first-order valence-corrected chi connectivity index (χ1v) is 9.99. The molecule has 0 unspecified atom stereocenters. The zero-order chi connectivity index (χ0) is 17.0. The zero-order valence-corrected chi connectivity index (χ0v) is 15.6. The van der Waals surface area contributed by atoms with Crippen LogP contribution in [0.3, 0.4) is 0 Å². The fourth-order valence-electron chi connectivity index (χ4n) is 2.27. The Labute approximate surface area is 140 Å². The lowest BCUT2D eigenvalue weighted by atomic mass is 10.1. The number of anilines is 1. The third-order valence-corrected chi connectivity index (χ3v) is 6.11. The van der Waals surface area contributed by atoms with Gasteiger partial charge in [-0.2, -0.15) is 0 Å². The highest BCUT2D eigenvalue weighted by Crippen LogP contribution is 2.50. The molecule has 128 valence electrons. The Morgan fingerprint density at radius 2 is 2.00 bits per heavy atom. The van der Waals surface area contributed by atoms with Crippen molar-refractivity contribution in [3.05, 3.63) is 17.2 Å². The summed E-state index contributed by atoms with van der Waals surface area (Å²) in [4.78, 5) is 5.38. The molecule has 0 bridgehead atoms. The number of thiazole rings is 1. The predicted molar refractivity (Wildman–Crippen MR) is 93.3 cm³/mol. The van der Waals surface area contributed by atoms with Gasteiger partial charge in [0.05, 0.1) is 19.5 Å². The van der Waals surface area contributed by atoms with Crippen molar-refractivity contribution in [1.29, 1.82) is 0 Å². The average Bonchev–Trinajstić information content (AvgIpc) is 3.05. The van der Waals surface area contributed by atoms with E-state index in [0.29, 0.717) is 27.8 Å². The molecule has 23 heavy (non-hydrogen) atoms. The number of hydrogen-bond donors (Lipinski definition) is 1. The fraction of sp³-hybridized carbons (Fsp3) is 0.533. The highest BCUT2D eigenvalue weighted by atomic mass is 32.1. The van der Waals surface area contributed by atoms with Crippen molar-refractivity contribution >= 4 is 29.4 Å². The van der Waals surface area contributed by atoms with Crippen LogP contribution in [-0.4, -0.2) is 18.2 Å². The van der Waals surface area contributed by atoms with Gasteiger partial charge >= 0.3 is 7.60 Å². The molecule has 6 nitrogen and oxygen atoms in total. The van der Waals surface area contributed by atoms with Crippen molar-refractivity contribution in [2.75, 3.05) is 18.9 Å². The molecule has 0 aliphatic carbocycles. The highest BCUT2D eigenvalue weighted by molar-refractivity contribution is 7.62. The lowest BCUT2D eigenvalue weighted by Crippen LogP contribution is -2.11. The minimum atomic E-state index is -3.44. The summed E-state index contributed by atoms with van der Waals surface area (Å²) in [5, 5.41) is 0.858. The predicted octanol–water partition coefficient (Wildman–Crippen LogP) is 4.08. The Morgan fingerprint density at radius 1 is 1.35 bits per heavy atom. The van der Waals surface area contributed by atoms with E-state index in [1.54, 1.807) is 19.9 Å². The van der Waals surface area contributed by atoms with E-state index < -0.39 is 7.60 Å². The summed E-state index contributed by atoms with van der Waals surface area (Å²) in [5.41, 5.74) is 6.50. The van der Waals surface area contributed by atoms with E-state index in [1.165, 1.54) is 17.6 Å². The van der Waals surface area contributed by atoms with Crippen LogP contribution in [0.25, 0.3) is 11.5 Å². The van der Waals surface area contributed by atoms with Crippen LogP contribution in [0.2, 0.25) is 0 Å². The van der Waals surface area contributed by atoms with E-state index in [4.69, 9.17) is 19.2 Å². The summed E-state index contributed by atoms with van der Waals surface area (Å²) in [6.07, 6.45) is 2.29. The van der Waals surface area contributed by atoms with E-state index in [2.05, 4.69) is 18.8 Å². The molecule has 2 aromatic rings. The standard InChI is InChI=1S/C15H23N2O4PS/c1-5-20-22(18,21-6-2)11-7-8-19-14(11)13-12(9-10(3)4)23-15(16)17-13/h7-8,10H,5-6,9H2,1-4H3,(H2,16,17). The van der Waals surface area contributed by atoms with Gasteiger partial charge in [-0.15, -0.1) is 11.3 Å². The summed E-state index contributed by atoms with van der Waals surface area (Å²) in [6, 6.07) is 1.62. The monoisotopic (exact) mass is 358 g/mol. The topological polar surface area (TPSA) is 87.6 Å². The molecule has 2 heterocycles. The fourth-order valence-corrected chi connectivity index (χ4v) is 4.99. The Bertz CT molecular complexity index is 685. The summed E-state index contributed by atoms with van der Waals surface area (Å²) in [7, 11) is -3.44. The molecule has 0 fully saturated rings. The van der Waals surface area contributed by atoms with E-state index in [0.717, 1.165) is 11.3 Å². The first-order valence-electron chi connectivity index (χ1n) is 7.64. The number of nitrogen functional groups attached to an aromatic ring is 1. The number of aromatic nitrogens is 1. The molecule has 0 radical (unpaired) electrons. The molecule has 2 N–H and O–H groups in total. The minimum Gasteiger partial charge on any atom is -0.462 e. The van der Waals surface area contributed by atoms with E-state index in [-0.39, 0.29) is 13.2 Å². The first-order chi connectivity index (χ1) is 10.9. The molecule has 0 aliphatic rings. The molecule has 0 aliphatic heterocycles. The van der Waals surface area contributed by atoms with Gasteiger partial charge < -0.3 is 19.2 Å². The number of nitrogens with two attached hydrogens (primary N) is 1. The van der Waals surface area contributed by atoms with Crippen LogP contribution < -0.4 is 11.0 Å². The van der Waals surface area contributed by atoms with E-state index in [9.17, 15) is 4.57 Å². The first kappa shape index (κ1) is 18.2. The number of rotatable bonds is 8. The van der Waals surface area contributed by atoms with Gasteiger partial charge in [-0.25, -0.2) is 4.98 Å². The summed E-state index contributed by atoms with van der Waals surface area (Å²) < 4.78 is 29.5. The normalized spacial score (nSPS) is 12.2. The van der Waals surface area contributed by atoms with Crippen molar-refractivity contribution in [3.63, 3.8) is 0 Å². The third kappa shape index (κ3) is 4.04. The summed E-state index contributed by atoms with van der Waals surface area (Å²) in [5.74, 6) is 0.858. The molecule has 0 aromatic carbocycles. The van der Waals surface area contributed by atoms with Crippen LogP contribution in [0.5, 0.6) is 0 Å². The SMILES string of the molecule is CCOP(=O)(OCC)c1ccoc1-c1nc(N)sc1CC(C)C. The van der Waals surface area contributed by atoms with E-state index >= 15 is 0 Å². The van der Waals surface area contributed by atoms with Gasteiger partial charge in [0.25, 0.3) is 0 Å². The molecule has 0 spiro atoms. The molecule has 0 saturated carbocycles. The summed E-state index contributed by atoms with van der Waals surface area (Å²) >= 11 is 1.42. The van der Waals surface area contributed by atoms with Crippen LogP contribution >= 0.6 is 18.9 Å². The maximum atomic E-state index is 13.1. The largest absolute Gasteiger partial charge is 0.462 e. The van der Waals surface area contributed by atoms with Crippen molar-refractivity contribution < 1.29 is 18.0 Å². The Kier molecular flexibility index (Phi) is 6.03. The molecule has 2 aromatic heterocycles. The molecular weight excluding hydrogens is 335 g/mol. The zero-order valence-electron chi connectivity index (χ0n) is 13.9. The van der Waals surface area contributed by atoms with Gasteiger partial charge in [0.2, 0.25) is 0 Å². The van der Waals surface area contributed by atoms with Crippen LogP contribution in [0.15, 0.2) is 16.7 Å². The molecule has 8 heteroatoms. The second-order valence-corrected chi connectivity index (χ2v) is 8.50. The van der Waals surface area contributed by atoms with Gasteiger partial charge in [0, 0.05) is 4.88 Å². The van der Waals surface area contributed by atoms with Crippen molar-refractivity contribution in [1.82, 2.24) is 4.98 Å². The maximum absolute atomic E-state index is 13.1. The van der Waals surface area contributed by atoms with Crippen LogP contribution in [0.4, 0.5) is 5.13 Å². The lowest BCUT2D eigenvalue weighted by Gasteiger charge is -2.16. The quantitative estimate of drug-likeness (QED) is 0.716. The van der Waals surface area contributed by atoms with Gasteiger partial charge in [0.15, 0.2) is 10.9 Å². The average molecular weight is 358 g/mol. The van der Waals surface area contributed by atoms with Crippen LogP contribution in [-0.2, 0) is 20.0 Å². The molecular formula is C15H23N2O4PS. The number of hydrogen-bond acceptors (Lipinski definition) is 7. The molecule has 0 atom stereocenters. The van der Waals surface area contributed by atoms with Crippen LogP contribution in [0, 0.1) is 5.92 Å². The maximum Gasteiger partial charge on any atom is 0.365 e. The van der Waals surface area contributed by atoms with Crippen molar-refractivity contribution in [2.24, 2.45) is 5.92 Å². The smallest absolute Gasteiger partial charge is 0.365 e. The molecule has 2 rings (SSSR count). The van der Waals surface area contributed by atoms with Gasteiger partial charge in [-0.3, -0.25) is 4.57 Å². The lowest BCUT2D eigenvalue weighted by molar-refractivity contribution is 0.230. The highest BCUT2D eigenvalue weighted by Gasteiger charge is 2.34. The Balaban J connectivity index is 2.51. The molecule has 0 saturated heterocycles. The van der Waals surface area contributed by atoms with Gasteiger partial charge in [0.1, 0.15) is 11.0 Å². The summed E-state index contributed by atoms with van der Waals surface area (Å²) in [6.45, 7) is 8.34.